The van der Waals surface area contributed by atoms with E-state index >= 15 is 0 Å². The van der Waals surface area contributed by atoms with Crippen molar-refractivity contribution in [2.24, 2.45) is 0 Å². The van der Waals surface area contributed by atoms with Crippen molar-refractivity contribution < 1.29 is 4.74 Å². The predicted octanol–water partition coefficient (Wildman–Crippen LogP) is 3.09. The summed E-state index contributed by atoms with van der Waals surface area (Å²) in [4.78, 5) is 2.39. The second-order valence-corrected chi connectivity index (χ2v) is 4.94. The molecule has 0 N–H and O–H groups in total. The molecule has 0 saturated heterocycles. The van der Waals surface area contributed by atoms with Gasteiger partial charge in [0.2, 0.25) is 0 Å². The maximum absolute atomic E-state index is 5.70. The number of nitrogens with zero attached hydrogens (tertiary/aromatic N) is 1. The SMILES string of the molecule is CCN(CC)CC=C(C)COC(C)(C)C. The van der Waals surface area contributed by atoms with Gasteiger partial charge in [0.1, 0.15) is 0 Å². The van der Waals surface area contributed by atoms with Gasteiger partial charge in [-0.3, -0.25) is 0 Å². The molecule has 0 atom stereocenters. The Hall–Kier alpha value is -0.340. The lowest BCUT2D eigenvalue weighted by Crippen LogP contribution is -2.24. The van der Waals surface area contributed by atoms with E-state index < -0.39 is 0 Å². The number of rotatable bonds is 6. The molecule has 0 aliphatic rings. The van der Waals surface area contributed by atoms with E-state index in [1.165, 1.54) is 5.57 Å². The average Bonchev–Trinajstić information content (AvgIpc) is 2.15. The van der Waals surface area contributed by atoms with Crippen LogP contribution >= 0.6 is 0 Å². The third kappa shape index (κ3) is 8.64. The summed E-state index contributed by atoms with van der Waals surface area (Å²) in [6, 6.07) is 0. The third-order valence-corrected chi connectivity index (χ3v) is 2.33. The van der Waals surface area contributed by atoms with E-state index in [2.05, 4.69) is 52.5 Å². The van der Waals surface area contributed by atoms with Crippen LogP contribution in [-0.4, -0.2) is 36.7 Å². The van der Waals surface area contributed by atoms with Gasteiger partial charge in [0.25, 0.3) is 0 Å². The topological polar surface area (TPSA) is 12.5 Å². The Morgan fingerprint density at radius 1 is 1.20 bits per heavy atom. The molecule has 15 heavy (non-hydrogen) atoms. The smallest absolute Gasteiger partial charge is 0.0681 e. The van der Waals surface area contributed by atoms with Crippen molar-refractivity contribution in [1.29, 1.82) is 0 Å². The molecule has 0 heterocycles. The first-order valence-corrected chi connectivity index (χ1v) is 5.91. The highest BCUT2D eigenvalue weighted by Crippen LogP contribution is 2.08. The van der Waals surface area contributed by atoms with Gasteiger partial charge in [-0.05, 0) is 40.8 Å². The Bertz CT molecular complexity index is 187. The molecule has 0 aromatic heterocycles. The monoisotopic (exact) mass is 213 g/mol. The minimum atomic E-state index is -0.0374. The van der Waals surface area contributed by atoms with Crippen LogP contribution in [0.3, 0.4) is 0 Å². The molecule has 0 aromatic carbocycles. The summed E-state index contributed by atoms with van der Waals surface area (Å²) >= 11 is 0. The van der Waals surface area contributed by atoms with E-state index in [-0.39, 0.29) is 5.60 Å². The number of hydrogen-bond acceptors (Lipinski definition) is 2. The van der Waals surface area contributed by atoms with Gasteiger partial charge in [-0.25, -0.2) is 0 Å². The summed E-state index contributed by atoms with van der Waals surface area (Å²) < 4.78 is 5.70. The molecule has 2 heteroatoms. The zero-order valence-corrected chi connectivity index (χ0v) is 11.3. The van der Waals surface area contributed by atoms with Crippen molar-refractivity contribution in [1.82, 2.24) is 4.90 Å². The van der Waals surface area contributed by atoms with Crippen LogP contribution in [0.25, 0.3) is 0 Å². The molecule has 0 fully saturated rings. The van der Waals surface area contributed by atoms with Crippen LogP contribution in [-0.2, 0) is 4.74 Å². The van der Waals surface area contributed by atoms with Crippen molar-refractivity contribution in [2.75, 3.05) is 26.2 Å². The molecule has 90 valence electrons. The standard InChI is InChI=1S/C13H27NO/c1-7-14(8-2)10-9-12(3)11-15-13(4,5)6/h9H,7-8,10-11H2,1-6H3. The summed E-state index contributed by atoms with van der Waals surface area (Å²) in [5.41, 5.74) is 1.28. The third-order valence-electron chi connectivity index (χ3n) is 2.33. The minimum Gasteiger partial charge on any atom is -0.372 e. The fourth-order valence-corrected chi connectivity index (χ4v) is 1.16. The fraction of sp³-hybridized carbons (Fsp3) is 0.846. The van der Waals surface area contributed by atoms with Crippen LogP contribution in [0, 0.1) is 0 Å². The van der Waals surface area contributed by atoms with Crippen molar-refractivity contribution in [3.05, 3.63) is 11.6 Å². The second kappa shape index (κ2) is 7.02. The number of ether oxygens (including phenoxy) is 1. The largest absolute Gasteiger partial charge is 0.372 e. The van der Waals surface area contributed by atoms with E-state index in [0.717, 1.165) is 26.2 Å². The molecule has 0 spiro atoms. The minimum absolute atomic E-state index is 0.0374. The molecule has 0 unspecified atom stereocenters. The summed E-state index contributed by atoms with van der Waals surface area (Å²) in [7, 11) is 0. The van der Waals surface area contributed by atoms with Gasteiger partial charge in [-0.2, -0.15) is 0 Å². The first-order chi connectivity index (χ1) is 6.89. The van der Waals surface area contributed by atoms with Gasteiger partial charge in [-0.15, -0.1) is 0 Å². The van der Waals surface area contributed by atoms with E-state index in [9.17, 15) is 0 Å². The van der Waals surface area contributed by atoms with E-state index in [1.807, 2.05) is 0 Å². The van der Waals surface area contributed by atoms with Crippen molar-refractivity contribution in [3.8, 4) is 0 Å². The Morgan fingerprint density at radius 3 is 2.13 bits per heavy atom. The molecule has 0 radical (unpaired) electrons. The zero-order chi connectivity index (χ0) is 11.9. The molecular formula is C13H27NO. The lowest BCUT2D eigenvalue weighted by Gasteiger charge is -2.20. The Balaban J connectivity index is 3.88. The van der Waals surface area contributed by atoms with E-state index in [1.54, 1.807) is 0 Å². The lowest BCUT2D eigenvalue weighted by molar-refractivity contribution is 0.0110. The van der Waals surface area contributed by atoms with Gasteiger partial charge < -0.3 is 9.64 Å². The summed E-state index contributed by atoms with van der Waals surface area (Å²) in [5.74, 6) is 0. The molecule has 0 aliphatic heterocycles. The van der Waals surface area contributed by atoms with E-state index in [4.69, 9.17) is 4.74 Å². The van der Waals surface area contributed by atoms with Crippen LogP contribution in [0.2, 0.25) is 0 Å². The maximum atomic E-state index is 5.70. The molecule has 0 aliphatic carbocycles. The van der Waals surface area contributed by atoms with Crippen LogP contribution in [0.15, 0.2) is 11.6 Å². The summed E-state index contributed by atoms with van der Waals surface area (Å²) in [6.07, 6.45) is 2.26. The van der Waals surface area contributed by atoms with E-state index in [0.29, 0.717) is 0 Å². The molecule has 0 aromatic rings. The Morgan fingerprint density at radius 2 is 1.73 bits per heavy atom. The first kappa shape index (κ1) is 14.7. The van der Waals surface area contributed by atoms with Crippen molar-refractivity contribution >= 4 is 0 Å². The molecule has 0 rings (SSSR count). The quantitative estimate of drug-likeness (QED) is 0.629. The van der Waals surface area contributed by atoms with Crippen LogP contribution in [0.1, 0.15) is 41.5 Å². The number of hydrogen-bond donors (Lipinski definition) is 0. The Labute approximate surface area is 95.3 Å². The van der Waals surface area contributed by atoms with Gasteiger partial charge >= 0.3 is 0 Å². The molecule has 0 bridgehead atoms. The van der Waals surface area contributed by atoms with Crippen LogP contribution < -0.4 is 0 Å². The van der Waals surface area contributed by atoms with Crippen molar-refractivity contribution in [3.63, 3.8) is 0 Å². The highest BCUT2D eigenvalue weighted by Gasteiger charge is 2.09. The van der Waals surface area contributed by atoms with Gasteiger partial charge in [0.15, 0.2) is 0 Å². The second-order valence-electron chi connectivity index (χ2n) is 4.94. The highest BCUT2D eigenvalue weighted by molar-refractivity contribution is 5.00. The maximum Gasteiger partial charge on any atom is 0.0681 e. The van der Waals surface area contributed by atoms with Crippen molar-refractivity contribution in [2.45, 2.75) is 47.1 Å². The Kier molecular flexibility index (Phi) is 6.86. The first-order valence-electron chi connectivity index (χ1n) is 5.91. The van der Waals surface area contributed by atoms with Gasteiger partial charge in [0, 0.05) is 6.54 Å². The zero-order valence-electron chi connectivity index (χ0n) is 11.3. The molecular weight excluding hydrogens is 186 g/mol. The fourth-order valence-electron chi connectivity index (χ4n) is 1.16. The lowest BCUT2D eigenvalue weighted by atomic mass is 10.2. The molecule has 0 amide bonds. The normalized spacial score (nSPS) is 13.7. The highest BCUT2D eigenvalue weighted by atomic mass is 16.5. The summed E-state index contributed by atoms with van der Waals surface area (Å²) in [6.45, 7) is 16.8. The number of likely N-dealkylation sites (N-methyl/N-ethyl adjacent to an activating group) is 1. The van der Waals surface area contributed by atoms with Gasteiger partial charge in [-0.1, -0.05) is 25.5 Å². The molecule has 2 nitrogen and oxygen atoms in total. The predicted molar refractivity (Wildman–Crippen MR) is 67.3 cm³/mol. The van der Waals surface area contributed by atoms with Gasteiger partial charge in [0.05, 0.1) is 12.2 Å². The summed E-state index contributed by atoms with van der Waals surface area (Å²) in [5, 5.41) is 0. The van der Waals surface area contributed by atoms with Crippen LogP contribution in [0.4, 0.5) is 0 Å². The average molecular weight is 213 g/mol. The van der Waals surface area contributed by atoms with Crippen LogP contribution in [0.5, 0.6) is 0 Å². The molecule has 0 saturated carbocycles.